The van der Waals surface area contributed by atoms with Crippen molar-refractivity contribution in [3.8, 4) is 11.5 Å². The normalized spacial score (nSPS) is 16.6. The molecule has 0 radical (unpaired) electrons. The van der Waals surface area contributed by atoms with Crippen LogP contribution < -0.4 is 20.1 Å². The number of unbranched alkanes of at least 4 members (excludes halogenated alkanes) is 2. The smallest absolute Gasteiger partial charge is 0.328 e. The third-order valence-electron chi connectivity index (χ3n) is 5.07. The van der Waals surface area contributed by atoms with Crippen molar-refractivity contribution in [1.82, 2.24) is 10.6 Å². The fraction of sp³-hybridized carbons (Fsp3) is 0.583. The minimum atomic E-state index is -0.280. The van der Waals surface area contributed by atoms with Crippen LogP contribution in [0.5, 0.6) is 11.5 Å². The fourth-order valence-corrected chi connectivity index (χ4v) is 3.34. The van der Waals surface area contributed by atoms with Gasteiger partial charge in [-0.1, -0.05) is 38.5 Å². The van der Waals surface area contributed by atoms with Crippen molar-refractivity contribution in [1.29, 1.82) is 0 Å². The van der Waals surface area contributed by atoms with Crippen LogP contribution in [-0.2, 0) is 16.1 Å². The molecule has 1 atom stereocenters. The first kappa shape index (κ1) is 23.9. The van der Waals surface area contributed by atoms with Crippen LogP contribution in [0.3, 0.4) is 0 Å². The first-order valence-electron chi connectivity index (χ1n) is 11.0. The van der Waals surface area contributed by atoms with Crippen LogP contribution in [-0.4, -0.2) is 31.6 Å². The van der Waals surface area contributed by atoms with Crippen molar-refractivity contribution in [3.05, 3.63) is 35.9 Å². The molecule has 1 aromatic carbocycles. The zero-order chi connectivity index (χ0) is 21.8. The second-order valence-electron chi connectivity index (χ2n) is 8.10. The van der Waals surface area contributed by atoms with Gasteiger partial charge in [-0.15, -0.1) is 0 Å². The second-order valence-corrected chi connectivity index (χ2v) is 8.10. The minimum absolute atomic E-state index is 0.0423. The average Bonchev–Trinajstić information content (AvgIpc) is 2.75. The summed E-state index contributed by atoms with van der Waals surface area (Å²) in [5, 5.41) is 6.13. The van der Waals surface area contributed by atoms with Crippen molar-refractivity contribution in [2.24, 2.45) is 5.92 Å². The van der Waals surface area contributed by atoms with Crippen molar-refractivity contribution in [3.63, 3.8) is 0 Å². The molecule has 2 rings (SSSR count). The van der Waals surface area contributed by atoms with E-state index in [1.807, 2.05) is 6.07 Å². The van der Waals surface area contributed by atoms with Crippen molar-refractivity contribution < 1.29 is 19.1 Å². The number of allylic oxidation sites excluding steroid dienone is 2. The van der Waals surface area contributed by atoms with Gasteiger partial charge in [-0.3, -0.25) is 4.79 Å². The second kappa shape index (κ2) is 13.1. The van der Waals surface area contributed by atoms with Gasteiger partial charge in [0.2, 0.25) is 5.91 Å². The van der Waals surface area contributed by atoms with Crippen LogP contribution in [0.2, 0.25) is 0 Å². The van der Waals surface area contributed by atoms with E-state index >= 15 is 0 Å². The molecule has 1 unspecified atom stereocenters. The van der Waals surface area contributed by atoms with Crippen LogP contribution in [0.15, 0.2) is 30.4 Å². The number of benzene rings is 1. The zero-order valence-electron chi connectivity index (χ0n) is 18.5. The van der Waals surface area contributed by atoms with Gasteiger partial charge in [0.05, 0.1) is 7.11 Å². The molecule has 1 saturated heterocycles. The highest BCUT2D eigenvalue weighted by Crippen LogP contribution is 2.29. The van der Waals surface area contributed by atoms with E-state index < -0.39 is 0 Å². The number of nitrogens with one attached hydrogen (secondary N) is 2. The molecule has 0 aliphatic carbocycles. The number of amides is 1. The number of rotatable bonds is 11. The number of esters is 1. The van der Waals surface area contributed by atoms with Gasteiger partial charge in [0.15, 0.2) is 11.5 Å². The van der Waals surface area contributed by atoms with Gasteiger partial charge in [-0.25, -0.2) is 4.79 Å². The summed E-state index contributed by atoms with van der Waals surface area (Å²) < 4.78 is 10.9. The Morgan fingerprint density at radius 1 is 1.23 bits per heavy atom. The van der Waals surface area contributed by atoms with Gasteiger partial charge < -0.3 is 20.1 Å². The highest BCUT2D eigenvalue weighted by molar-refractivity contribution is 5.79. The first-order chi connectivity index (χ1) is 14.5. The SMILES string of the molecule is COc1cc(CNC(=O)CCCC/C=C/C(C)C)ccc1OC(=O)C1CCCCN1. The molecule has 6 heteroatoms. The topological polar surface area (TPSA) is 76.7 Å². The van der Waals surface area contributed by atoms with E-state index in [2.05, 4.69) is 36.6 Å². The Hall–Kier alpha value is -2.34. The molecule has 1 aliphatic heterocycles. The maximum Gasteiger partial charge on any atom is 0.328 e. The molecule has 0 aromatic heterocycles. The summed E-state index contributed by atoms with van der Waals surface area (Å²) in [5.74, 6) is 1.23. The van der Waals surface area contributed by atoms with E-state index in [0.29, 0.717) is 30.4 Å². The number of hydrogen-bond acceptors (Lipinski definition) is 5. The maximum absolute atomic E-state index is 12.3. The lowest BCUT2D eigenvalue weighted by Gasteiger charge is -2.22. The lowest BCUT2D eigenvalue weighted by Crippen LogP contribution is -2.42. The van der Waals surface area contributed by atoms with E-state index in [1.54, 1.807) is 19.2 Å². The van der Waals surface area contributed by atoms with Gasteiger partial charge >= 0.3 is 5.97 Å². The largest absolute Gasteiger partial charge is 0.493 e. The molecule has 2 N–H and O–H groups in total. The summed E-state index contributed by atoms with van der Waals surface area (Å²) >= 11 is 0. The molecule has 166 valence electrons. The average molecular weight is 417 g/mol. The van der Waals surface area contributed by atoms with Crippen LogP contribution in [0, 0.1) is 5.92 Å². The molecule has 0 spiro atoms. The Balaban J connectivity index is 1.77. The summed E-state index contributed by atoms with van der Waals surface area (Å²) in [6.07, 6.45) is 10.7. The molecule has 1 heterocycles. The lowest BCUT2D eigenvalue weighted by molar-refractivity contribution is -0.137. The monoisotopic (exact) mass is 416 g/mol. The zero-order valence-corrected chi connectivity index (χ0v) is 18.5. The van der Waals surface area contributed by atoms with Crippen molar-refractivity contribution >= 4 is 11.9 Å². The number of carbonyl (C=O) groups excluding carboxylic acids is 2. The number of hydrogen-bond donors (Lipinski definition) is 2. The van der Waals surface area contributed by atoms with Crippen molar-refractivity contribution in [2.45, 2.75) is 71.4 Å². The number of piperidine rings is 1. The summed E-state index contributed by atoms with van der Waals surface area (Å²) in [5.41, 5.74) is 0.899. The van der Waals surface area contributed by atoms with E-state index in [4.69, 9.17) is 9.47 Å². The van der Waals surface area contributed by atoms with Gasteiger partial charge in [-0.05, 0) is 62.3 Å². The Morgan fingerprint density at radius 2 is 2.07 bits per heavy atom. The van der Waals surface area contributed by atoms with Crippen LogP contribution in [0.1, 0.15) is 64.4 Å². The summed E-state index contributed by atoms with van der Waals surface area (Å²) in [7, 11) is 1.54. The fourth-order valence-electron chi connectivity index (χ4n) is 3.34. The molecule has 1 aliphatic rings. The van der Waals surface area contributed by atoms with E-state index in [9.17, 15) is 9.59 Å². The Morgan fingerprint density at radius 3 is 2.77 bits per heavy atom. The van der Waals surface area contributed by atoms with E-state index in [-0.39, 0.29) is 17.9 Å². The Kier molecular flexibility index (Phi) is 10.4. The quantitative estimate of drug-likeness (QED) is 0.245. The molecular formula is C24H36N2O4. The third kappa shape index (κ3) is 8.57. The summed E-state index contributed by atoms with van der Waals surface area (Å²) in [4.78, 5) is 24.4. The van der Waals surface area contributed by atoms with Crippen LogP contribution >= 0.6 is 0 Å². The molecule has 0 saturated carbocycles. The first-order valence-corrected chi connectivity index (χ1v) is 11.0. The molecule has 1 fully saturated rings. The van der Waals surface area contributed by atoms with Gasteiger partial charge in [0, 0.05) is 13.0 Å². The van der Waals surface area contributed by atoms with Crippen LogP contribution in [0.4, 0.5) is 0 Å². The highest BCUT2D eigenvalue weighted by Gasteiger charge is 2.23. The summed E-state index contributed by atoms with van der Waals surface area (Å²) in [6.45, 7) is 5.57. The Labute approximate surface area is 180 Å². The predicted molar refractivity (Wildman–Crippen MR) is 119 cm³/mol. The predicted octanol–water partition coefficient (Wildman–Crippen LogP) is 4.13. The molecule has 0 bridgehead atoms. The lowest BCUT2D eigenvalue weighted by atomic mass is 10.1. The highest BCUT2D eigenvalue weighted by atomic mass is 16.6. The van der Waals surface area contributed by atoms with Gasteiger partial charge in [-0.2, -0.15) is 0 Å². The maximum atomic E-state index is 12.3. The molecule has 30 heavy (non-hydrogen) atoms. The Bertz CT molecular complexity index is 709. The van der Waals surface area contributed by atoms with Gasteiger partial charge in [0.1, 0.15) is 6.04 Å². The standard InChI is InChI=1S/C24H36N2O4/c1-18(2)10-6-4-5-7-12-23(27)26-17-19-13-14-21(22(16-19)29-3)30-24(28)20-11-8-9-15-25-20/h6,10,13-14,16,18,20,25H,4-5,7-9,11-12,15,17H2,1-3H3,(H,26,27)/b10-6+. The number of ether oxygens (including phenoxy) is 2. The molecular weight excluding hydrogens is 380 g/mol. The number of carbonyl (C=O) groups is 2. The van der Waals surface area contributed by atoms with E-state index in [0.717, 1.165) is 50.6 Å². The minimum Gasteiger partial charge on any atom is -0.493 e. The number of methoxy groups -OCH3 is 1. The molecule has 6 nitrogen and oxygen atoms in total. The van der Waals surface area contributed by atoms with Crippen LogP contribution in [0.25, 0.3) is 0 Å². The van der Waals surface area contributed by atoms with Crippen molar-refractivity contribution in [2.75, 3.05) is 13.7 Å². The van der Waals surface area contributed by atoms with Gasteiger partial charge in [0.25, 0.3) is 0 Å². The summed E-state index contributed by atoms with van der Waals surface area (Å²) in [6, 6.07) is 5.11. The third-order valence-corrected chi connectivity index (χ3v) is 5.07. The molecule has 1 aromatic rings. The molecule has 1 amide bonds. The van der Waals surface area contributed by atoms with E-state index in [1.165, 1.54) is 0 Å².